The SMILES string of the molecule is O=C(NCCNC(=O)c1ccc(Cl)cc1)Nc1ccc(Cn2cccn2)cc1. The van der Waals surface area contributed by atoms with Crippen LogP contribution < -0.4 is 16.0 Å². The maximum atomic E-state index is 11.9. The van der Waals surface area contributed by atoms with Gasteiger partial charge in [0.1, 0.15) is 0 Å². The Hall–Kier alpha value is -3.32. The number of anilines is 1. The molecule has 8 heteroatoms. The Morgan fingerprint density at radius 2 is 1.68 bits per heavy atom. The van der Waals surface area contributed by atoms with Crippen molar-refractivity contribution in [1.29, 1.82) is 0 Å². The number of carbonyl (C=O) groups is 2. The largest absolute Gasteiger partial charge is 0.350 e. The molecule has 0 saturated heterocycles. The Bertz CT molecular complexity index is 909. The van der Waals surface area contributed by atoms with E-state index in [-0.39, 0.29) is 11.9 Å². The van der Waals surface area contributed by atoms with Gasteiger partial charge in [-0.15, -0.1) is 0 Å². The molecule has 0 atom stereocenters. The average molecular weight is 398 g/mol. The van der Waals surface area contributed by atoms with Crippen molar-refractivity contribution in [3.8, 4) is 0 Å². The molecular formula is C20H20ClN5O2. The lowest BCUT2D eigenvalue weighted by Crippen LogP contribution is -2.36. The zero-order valence-corrected chi connectivity index (χ0v) is 15.8. The van der Waals surface area contributed by atoms with E-state index in [0.29, 0.717) is 35.9 Å². The van der Waals surface area contributed by atoms with Gasteiger partial charge in [0, 0.05) is 41.8 Å². The Kier molecular flexibility index (Phi) is 6.64. The topological polar surface area (TPSA) is 88.0 Å². The summed E-state index contributed by atoms with van der Waals surface area (Å²) in [4.78, 5) is 23.9. The minimum Gasteiger partial charge on any atom is -0.350 e. The van der Waals surface area contributed by atoms with Gasteiger partial charge in [-0.1, -0.05) is 23.7 Å². The van der Waals surface area contributed by atoms with E-state index in [9.17, 15) is 9.59 Å². The van der Waals surface area contributed by atoms with Gasteiger partial charge in [0.2, 0.25) is 0 Å². The molecule has 3 aromatic rings. The molecule has 0 saturated carbocycles. The number of rotatable bonds is 7. The molecule has 0 aliphatic rings. The molecule has 0 fully saturated rings. The molecule has 28 heavy (non-hydrogen) atoms. The highest BCUT2D eigenvalue weighted by atomic mass is 35.5. The third-order valence-electron chi connectivity index (χ3n) is 3.92. The molecule has 0 aliphatic carbocycles. The van der Waals surface area contributed by atoms with Crippen molar-refractivity contribution in [1.82, 2.24) is 20.4 Å². The second kappa shape index (κ2) is 9.57. The number of carbonyl (C=O) groups excluding carboxylic acids is 2. The minimum atomic E-state index is -0.333. The van der Waals surface area contributed by atoms with E-state index < -0.39 is 0 Å². The van der Waals surface area contributed by atoms with Crippen LogP contribution in [0, 0.1) is 0 Å². The Balaban J connectivity index is 1.37. The average Bonchev–Trinajstić information content (AvgIpc) is 3.20. The van der Waals surface area contributed by atoms with Gasteiger partial charge >= 0.3 is 6.03 Å². The molecule has 0 radical (unpaired) electrons. The third-order valence-corrected chi connectivity index (χ3v) is 4.17. The van der Waals surface area contributed by atoms with Crippen molar-refractivity contribution in [2.75, 3.05) is 18.4 Å². The molecule has 1 heterocycles. The van der Waals surface area contributed by atoms with Crippen LogP contribution in [0.1, 0.15) is 15.9 Å². The maximum absolute atomic E-state index is 11.9. The van der Waals surface area contributed by atoms with E-state index >= 15 is 0 Å². The van der Waals surface area contributed by atoms with E-state index in [1.165, 1.54) is 0 Å². The minimum absolute atomic E-state index is 0.216. The number of nitrogens with zero attached hydrogens (tertiary/aromatic N) is 2. The van der Waals surface area contributed by atoms with Crippen LogP contribution in [0.3, 0.4) is 0 Å². The third kappa shape index (κ3) is 5.85. The molecule has 1 aromatic heterocycles. The summed E-state index contributed by atoms with van der Waals surface area (Å²) >= 11 is 5.79. The maximum Gasteiger partial charge on any atom is 0.319 e. The van der Waals surface area contributed by atoms with Crippen LogP contribution in [0.15, 0.2) is 67.0 Å². The van der Waals surface area contributed by atoms with Crippen molar-refractivity contribution >= 4 is 29.2 Å². The van der Waals surface area contributed by atoms with Crippen molar-refractivity contribution in [3.63, 3.8) is 0 Å². The quantitative estimate of drug-likeness (QED) is 0.535. The highest BCUT2D eigenvalue weighted by Crippen LogP contribution is 2.11. The summed E-state index contributed by atoms with van der Waals surface area (Å²) in [5, 5.41) is 12.9. The molecule has 0 bridgehead atoms. The van der Waals surface area contributed by atoms with Gasteiger partial charge in [-0.2, -0.15) is 5.10 Å². The monoisotopic (exact) mass is 397 g/mol. The number of hydrogen-bond donors (Lipinski definition) is 3. The summed E-state index contributed by atoms with van der Waals surface area (Å²) in [5.74, 6) is -0.216. The molecule has 0 spiro atoms. The normalized spacial score (nSPS) is 10.3. The number of halogens is 1. The fourth-order valence-corrected chi connectivity index (χ4v) is 2.63. The fourth-order valence-electron chi connectivity index (χ4n) is 2.51. The van der Waals surface area contributed by atoms with Gasteiger partial charge in [0.15, 0.2) is 0 Å². The first-order valence-corrected chi connectivity index (χ1v) is 9.13. The number of hydrogen-bond acceptors (Lipinski definition) is 3. The summed E-state index contributed by atoms with van der Waals surface area (Å²) in [6.07, 6.45) is 3.63. The van der Waals surface area contributed by atoms with Crippen LogP contribution in [-0.2, 0) is 6.54 Å². The molecular weight excluding hydrogens is 378 g/mol. The van der Waals surface area contributed by atoms with Gasteiger partial charge in [0.05, 0.1) is 6.54 Å². The first-order valence-electron chi connectivity index (χ1n) is 8.75. The highest BCUT2D eigenvalue weighted by molar-refractivity contribution is 6.30. The van der Waals surface area contributed by atoms with Gasteiger partial charge in [-0.25, -0.2) is 4.79 Å². The van der Waals surface area contributed by atoms with Crippen LogP contribution in [0.5, 0.6) is 0 Å². The van der Waals surface area contributed by atoms with Crippen LogP contribution in [0.4, 0.5) is 10.5 Å². The number of nitrogens with one attached hydrogen (secondary N) is 3. The first-order chi connectivity index (χ1) is 13.6. The molecule has 0 aliphatic heterocycles. The summed E-state index contributed by atoms with van der Waals surface area (Å²) in [5.41, 5.74) is 2.29. The van der Waals surface area contributed by atoms with E-state index in [1.807, 2.05) is 41.2 Å². The fraction of sp³-hybridized carbons (Fsp3) is 0.150. The number of urea groups is 1. The van der Waals surface area contributed by atoms with Crippen LogP contribution >= 0.6 is 11.6 Å². The zero-order chi connectivity index (χ0) is 19.8. The second-order valence-corrected chi connectivity index (χ2v) is 6.48. The Morgan fingerprint density at radius 3 is 2.36 bits per heavy atom. The van der Waals surface area contributed by atoms with E-state index in [4.69, 9.17) is 11.6 Å². The first kappa shape index (κ1) is 19.4. The van der Waals surface area contributed by atoms with Gasteiger partial charge in [-0.05, 0) is 48.0 Å². The van der Waals surface area contributed by atoms with Crippen LogP contribution in [-0.4, -0.2) is 34.8 Å². The van der Waals surface area contributed by atoms with Gasteiger partial charge in [0.25, 0.3) is 5.91 Å². The summed E-state index contributed by atoms with van der Waals surface area (Å²) in [6, 6.07) is 15.7. The lowest BCUT2D eigenvalue weighted by atomic mass is 10.2. The Labute approximate surface area is 167 Å². The molecule has 3 N–H and O–H groups in total. The van der Waals surface area contributed by atoms with Crippen LogP contribution in [0.2, 0.25) is 5.02 Å². The molecule has 144 valence electrons. The predicted molar refractivity (Wildman–Crippen MR) is 109 cm³/mol. The Morgan fingerprint density at radius 1 is 0.964 bits per heavy atom. The summed E-state index contributed by atoms with van der Waals surface area (Å²) < 4.78 is 1.83. The standard InChI is InChI=1S/C20H20ClN5O2/c21-17-6-4-16(5-7-17)19(27)22-11-12-23-20(28)25-18-8-2-15(3-9-18)14-26-13-1-10-24-26/h1-10,13H,11-12,14H2,(H,22,27)(H2,23,25,28). The lowest BCUT2D eigenvalue weighted by Gasteiger charge is -2.09. The van der Waals surface area contributed by atoms with E-state index in [0.717, 1.165) is 5.56 Å². The highest BCUT2D eigenvalue weighted by Gasteiger charge is 2.05. The molecule has 7 nitrogen and oxygen atoms in total. The number of benzene rings is 2. The molecule has 0 unspecified atom stereocenters. The second-order valence-electron chi connectivity index (χ2n) is 6.04. The van der Waals surface area contributed by atoms with Crippen LogP contribution in [0.25, 0.3) is 0 Å². The van der Waals surface area contributed by atoms with E-state index in [2.05, 4.69) is 21.0 Å². The smallest absolute Gasteiger partial charge is 0.319 e. The molecule has 3 amide bonds. The molecule has 3 rings (SSSR count). The van der Waals surface area contributed by atoms with Gasteiger partial charge < -0.3 is 16.0 Å². The lowest BCUT2D eigenvalue weighted by molar-refractivity contribution is 0.0954. The summed E-state index contributed by atoms with van der Waals surface area (Å²) in [6.45, 7) is 1.30. The van der Waals surface area contributed by atoms with E-state index in [1.54, 1.807) is 30.5 Å². The zero-order valence-electron chi connectivity index (χ0n) is 15.1. The number of amides is 3. The molecule has 2 aromatic carbocycles. The van der Waals surface area contributed by atoms with Gasteiger partial charge in [-0.3, -0.25) is 9.48 Å². The van der Waals surface area contributed by atoms with Crippen molar-refractivity contribution in [3.05, 3.63) is 83.1 Å². The summed E-state index contributed by atoms with van der Waals surface area (Å²) in [7, 11) is 0. The predicted octanol–water partition coefficient (Wildman–Crippen LogP) is 3.14. The van der Waals surface area contributed by atoms with Crippen molar-refractivity contribution in [2.24, 2.45) is 0 Å². The van der Waals surface area contributed by atoms with Crippen molar-refractivity contribution in [2.45, 2.75) is 6.54 Å². The van der Waals surface area contributed by atoms with Crippen molar-refractivity contribution < 1.29 is 9.59 Å². The number of aromatic nitrogens is 2.